The van der Waals surface area contributed by atoms with Crippen LogP contribution in [-0.2, 0) is 20.3 Å². The van der Waals surface area contributed by atoms with Crippen LogP contribution in [0, 0.1) is 0 Å². The Hall–Kier alpha value is -1.02. The third-order valence-electron chi connectivity index (χ3n) is 3.27. The molecule has 3 rings (SSSR count). The summed E-state index contributed by atoms with van der Waals surface area (Å²) in [5, 5.41) is 11.2. The zero-order valence-electron chi connectivity index (χ0n) is 10.0. The topological polar surface area (TPSA) is 87.0 Å². The number of hydrogen-bond acceptors (Lipinski definition) is 6. The molecular formula is C10H16N4O3S. The molecule has 1 aromatic rings. The van der Waals surface area contributed by atoms with Crippen LogP contribution >= 0.6 is 0 Å². The van der Waals surface area contributed by atoms with Crippen molar-refractivity contribution in [2.24, 2.45) is 0 Å². The summed E-state index contributed by atoms with van der Waals surface area (Å²) in [5.74, 6) is 0.441. The lowest BCUT2D eigenvalue weighted by Gasteiger charge is -2.09. The van der Waals surface area contributed by atoms with Gasteiger partial charge in [-0.15, -0.1) is 5.10 Å². The van der Waals surface area contributed by atoms with Gasteiger partial charge in [-0.2, -0.15) is 0 Å². The Morgan fingerprint density at radius 3 is 2.83 bits per heavy atom. The summed E-state index contributed by atoms with van der Waals surface area (Å²) in [6.07, 6.45) is 3.68. The molecule has 0 amide bonds. The maximum Gasteiger partial charge on any atom is 0.166 e. The Labute approximate surface area is 105 Å². The molecule has 18 heavy (non-hydrogen) atoms. The van der Waals surface area contributed by atoms with E-state index in [1.807, 2.05) is 0 Å². The summed E-state index contributed by atoms with van der Waals surface area (Å²) in [7, 11) is -3.20. The molecule has 1 aliphatic carbocycles. The number of nitrogens with zero attached hydrogens (tertiary/aromatic N) is 4. The SMILES string of the molecule is O=S(=O)(Cc1nnnn1C1CC1)CC1CCCO1. The van der Waals surface area contributed by atoms with Crippen LogP contribution in [-0.4, -0.2) is 47.1 Å². The molecular weight excluding hydrogens is 256 g/mol. The van der Waals surface area contributed by atoms with Crippen LogP contribution in [0.1, 0.15) is 37.5 Å². The van der Waals surface area contributed by atoms with Gasteiger partial charge < -0.3 is 4.74 Å². The molecule has 1 saturated heterocycles. The monoisotopic (exact) mass is 272 g/mol. The Morgan fingerprint density at radius 1 is 1.33 bits per heavy atom. The van der Waals surface area contributed by atoms with Crippen molar-refractivity contribution in [2.75, 3.05) is 12.4 Å². The van der Waals surface area contributed by atoms with E-state index in [0.717, 1.165) is 25.7 Å². The van der Waals surface area contributed by atoms with Crippen molar-refractivity contribution in [1.29, 1.82) is 0 Å². The average Bonchev–Trinajstić information content (AvgIpc) is 2.83. The molecule has 2 aliphatic rings. The largest absolute Gasteiger partial charge is 0.377 e. The van der Waals surface area contributed by atoms with E-state index >= 15 is 0 Å². The van der Waals surface area contributed by atoms with E-state index in [-0.39, 0.29) is 17.6 Å². The standard InChI is InChI=1S/C10H16N4O3S/c15-18(16,6-9-2-1-5-17-9)7-10-11-12-13-14(10)8-3-4-8/h8-9H,1-7H2. The van der Waals surface area contributed by atoms with Crippen molar-refractivity contribution in [3.8, 4) is 0 Å². The number of ether oxygens (including phenoxy) is 1. The first-order chi connectivity index (χ1) is 8.64. The van der Waals surface area contributed by atoms with Crippen LogP contribution in [0.3, 0.4) is 0 Å². The van der Waals surface area contributed by atoms with Crippen LogP contribution < -0.4 is 0 Å². The fourth-order valence-corrected chi connectivity index (χ4v) is 3.76. The fraction of sp³-hybridized carbons (Fsp3) is 0.900. The molecule has 0 N–H and O–H groups in total. The molecule has 0 bridgehead atoms. The molecule has 1 aromatic heterocycles. The molecule has 2 heterocycles. The maximum atomic E-state index is 12.1. The van der Waals surface area contributed by atoms with Crippen LogP contribution in [0.4, 0.5) is 0 Å². The minimum Gasteiger partial charge on any atom is -0.377 e. The van der Waals surface area contributed by atoms with Crippen molar-refractivity contribution in [2.45, 2.75) is 43.6 Å². The highest BCUT2D eigenvalue weighted by Gasteiger charge is 2.30. The predicted octanol–water partition coefficient (Wildman–Crippen LogP) is 0.102. The third-order valence-corrected chi connectivity index (χ3v) is 4.84. The molecule has 1 aliphatic heterocycles. The van der Waals surface area contributed by atoms with Gasteiger partial charge in [0, 0.05) is 6.61 Å². The van der Waals surface area contributed by atoms with E-state index < -0.39 is 9.84 Å². The third kappa shape index (κ3) is 2.69. The second-order valence-electron chi connectivity index (χ2n) is 4.96. The van der Waals surface area contributed by atoms with Gasteiger partial charge in [-0.05, 0) is 36.1 Å². The number of tetrazole rings is 1. The zero-order chi connectivity index (χ0) is 12.6. The lowest BCUT2D eigenvalue weighted by molar-refractivity contribution is 0.127. The van der Waals surface area contributed by atoms with Crippen molar-refractivity contribution in [1.82, 2.24) is 20.2 Å². The second kappa shape index (κ2) is 4.58. The molecule has 8 heteroatoms. The van der Waals surface area contributed by atoms with Gasteiger partial charge in [0.25, 0.3) is 0 Å². The molecule has 7 nitrogen and oxygen atoms in total. The van der Waals surface area contributed by atoms with E-state index in [9.17, 15) is 8.42 Å². The van der Waals surface area contributed by atoms with Crippen molar-refractivity contribution < 1.29 is 13.2 Å². The van der Waals surface area contributed by atoms with Crippen LogP contribution in [0.2, 0.25) is 0 Å². The molecule has 0 aromatic carbocycles. The Bertz CT molecular complexity index is 517. The number of rotatable bonds is 5. The molecule has 1 unspecified atom stereocenters. The summed E-state index contributed by atoms with van der Waals surface area (Å²) in [6, 6.07) is 0.299. The minimum atomic E-state index is -3.20. The summed E-state index contributed by atoms with van der Waals surface area (Å²) >= 11 is 0. The van der Waals surface area contributed by atoms with Gasteiger partial charge in [-0.1, -0.05) is 0 Å². The first-order valence-electron chi connectivity index (χ1n) is 6.23. The molecule has 1 saturated carbocycles. The lowest BCUT2D eigenvalue weighted by atomic mass is 10.3. The van der Waals surface area contributed by atoms with Gasteiger partial charge in [0.05, 0.1) is 17.9 Å². The quantitative estimate of drug-likeness (QED) is 0.755. The Balaban J connectivity index is 1.68. The second-order valence-corrected chi connectivity index (χ2v) is 7.07. The lowest BCUT2D eigenvalue weighted by Crippen LogP contribution is -2.22. The smallest absolute Gasteiger partial charge is 0.166 e. The number of sulfone groups is 1. The summed E-state index contributed by atoms with van der Waals surface area (Å²) in [4.78, 5) is 0. The molecule has 100 valence electrons. The minimum absolute atomic E-state index is 0.0739. The number of aromatic nitrogens is 4. The van der Waals surface area contributed by atoms with E-state index in [0.29, 0.717) is 18.5 Å². The normalized spacial score (nSPS) is 24.6. The summed E-state index contributed by atoms with van der Waals surface area (Å²) in [6.45, 7) is 0.667. The zero-order valence-corrected chi connectivity index (χ0v) is 10.8. The van der Waals surface area contributed by atoms with Gasteiger partial charge in [-0.3, -0.25) is 0 Å². The van der Waals surface area contributed by atoms with Crippen molar-refractivity contribution in [3.63, 3.8) is 0 Å². The van der Waals surface area contributed by atoms with E-state index in [1.165, 1.54) is 0 Å². The molecule has 2 fully saturated rings. The van der Waals surface area contributed by atoms with Crippen LogP contribution in [0.25, 0.3) is 0 Å². The number of hydrogen-bond donors (Lipinski definition) is 0. The maximum absolute atomic E-state index is 12.1. The van der Waals surface area contributed by atoms with Crippen molar-refractivity contribution >= 4 is 9.84 Å². The van der Waals surface area contributed by atoms with E-state index in [2.05, 4.69) is 15.5 Å². The highest BCUT2D eigenvalue weighted by atomic mass is 32.2. The summed E-state index contributed by atoms with van der Waals surface area (Å²) < 4.78 is 31.1. The van der Waals surface area contributed by atoms with Crippen LogP contribution in [0.5, 0.6) is 0 Å². The van der Waals surface area contributed by atoms with Gasteiger partial charge in [-0.25, -0.2) is 13.1 Å². The van der Waals surface area contributed by atoms with Crippen molar-refractivity contribution in [3.05, 3.63) is 5.82 Å². The highest BCUT2D eigenvalue weighted by Crippen LogP contribution is 2.34. The Morgan fingerprint density at radius 2 is 2.17 bits per heavy atom. The average molecular weight is 272 g/mol. The highest BCUT2D eigenvalue weighted by molar-refractivity contribution is 7.90. The van der Waals surface area contributed by atoms with Gasteiger partial charge in [0.15, 0.2) is 15.7 Å². The molecule has 1 atom stereocenters. The molecule has 0 spiro atoms. The van der Waals surface area contributed by atoms with Gasteiger partial charge >= 0.3 is 0 Å². The Kier molecular flexibility index (Phi) is 3.06. The van der Waals surface area contributed by atoms with E-state index in [1.54, 1.807) is 4.68 Å². The van der Waals surface area contributed by atoms with Gasteiger partial charge in [0.2, 0.25) is 0 Å². The fourth-order valence-electron chi connectivity index (χ4n) is 2.22. The first-order valence-corrected chi connectivity index (χ1v) is 8.05. The molecule has 0 radical (unpaired) electrons. The van der Waals surface area contributed by atoms with Gasteiger partial charge in [0.1, 0.15) is 5.75 Å². The predicted molar refractivity (Wildman–Crippen MR) is 62.6 cm³/mol. The summed E-state index contributed by atoms with van der Waals surface area (Å²) in [5.41, 5.74) is 0. The van der Waals surface area contributed by atoms with E-state index in [4.69, 9.17) is 4.74 Å². The first kappa shape index (κ1) is 12.0. The van der Waals surface area contributed by atoms with Crippen LogP contribution in [0.15, 0.2) is 0 Å².